The molecule has 1 rings (SSSR count). The summed E-state index contributed by atoms with van der Waals surface area (Å²) in [6.07, 6.45) is 0.955. The molecule has 78 valence electrons. The van der Waals surface area contributed by atoms with E-state index in [1.807, 2.05) is 19.9 Å². The Hall–Kier alpha value is -0.530. The van der Waals surface area contributed by atoms with Crippen molar-refractivity contribution in [3.8, 4) is 0 Å². The monoisotopic (exact) mass is 211 g/mol. The zero-order chi connectivity index (χ0) is 10.7. The lowest BCUT2D eigenvalue weighted by molar-refractivity contribution is 0.482. The third kappa shape index (κ3) is 3.00. The Morgan fingerprint density at radius 1 is 1.36 bits per heavy atom. The number of aryl methyl sites for hydroxylation is 1. The third-order valence-electron chi connectivity index (χ3n) is 2.65. The zero-order valence-corrected chi connectivity index (χ0v) is 9.81. The summed E-state index contributed by atoms with van der Waals surface area (Å²) in [5.74, 6) is 0.468. The molecule has 2 N–H and O–H groups in total. The molecule has 2 heteroatoms. The first-order valence-electron chi connectivity index (χ1n) is 5.01. The van der Waals surface area contributed by atoms with Crippen LogP contribution in [0.3, 0.4) is 0 Å². The molecule has 0 saturated carbocycles. The quantitative estimate of drug-likeness (QED) is 0.817. The van der Waals surface area contributed by atoms with E-state index < -0.39 is 0 Å². The fraction of sp³-hybridized carbons (Fsp3) is 0.500. The van der Waals surface area contributed by atoms with Gasteiger partial charge in [-0.25, -0.2) is 0 Å². The summed E-state index contributed by atoms with van der Waals surface area (Å²) < 4.78 is 0. The molecule has 0 radical (unpaired) electrons. The van der Waals surface area contributed by atoms with Crippen LogP contribution in [0.4, 0.5) is 0 Å². The van der Waals surface area contributed by atoms with Gasteiger partial charge in [0.2, 0.25) is 0 Å². The number of halogens is 1. The van der Waals surface area contributed by atoms with Crippen molar-refractivity contribution >= 4 is 11.6 Å². The van der Waals surface area contributed by atoms with Crippen molar-refractivity contribution in [3.05, 3.63) is 34.3 Å². The maximum absolute atomic E-state index is 6.14. The van der Waals surface area contributed by atoms with Gasteiger partial charge < -0.3 is 5.73 Å². The van der Waals surface area contributed by atoms with Crippen LogP contribution in [0, 0.1) is 12.8 Å². The number of nitrogens with two attached hydrogens (primary N) is 1. The predicted molar refractivity (Wildman–Crippen MR) is 62.7 cm³/mol. The second kappa shape index (κ2) is 4.81. The molecule has 1 aromatic rings. The second-order valence-electron chi connectivity index (χ2n) is 4.14. The molecule has 0 bridgehead atoms. The van der Waals surface area contributed by atoms with Crippen LogP contribution in [0.15, 0.2) is 18.2 Å². The summed E-state index contributed by atoms with van der Waals surface area (Å²) in [5.41, 5.74) is 8.22. The predicted octanol–water partition coefficient (Wildman–Crippen LogP) is 3.17. The molecule has 0 aliphatic rings. The Bertz CT molecular complexity index is 307. The SMILES string of the molecule is Cc1ccc(CC(C)C(C)N)c(Cl)c1. The molecular formula is C12H18ClN. The van der Waals surface area contributed by atoms with Crippen LogP contribution in [0.1, 0.15) is 25.0 Å². The van der Waals surface area contributed by atoms with Crippen molar-refractivity contribution in [2.75, 3.05) is 0 Å². The van der Waals surface area contributed by atoms with Gasteiger partial charge in [0.1, 0.15) is 0 Å². The molecular weight excluding hydrogens is 194 g/mol. The van der Waals surface area contributed by atoms with Crippen molar-refractivity contribution < 1.29 is 0 Å². The standard InChI is InChI=1S/C12H18ClN/c1-8-4-5-11(12(13)6-8)7-9(2)10(3)14/h4-6,9-10H,7,14H2,1-3H3. The van der Waals surface area contributed by atoms with Crippen LogP contribution in [-0.2, 0) is 6.42 Å². The van der Waals surface area contributed by atoms with Gasteiger partial charge in [0, 0.05) is 11.1 Å². The highest BCUT2D eigenvalue weighted by molar-refractivity contribution is 6.31. The van der Waals surface area contributed by atoms with Crippen LogP contribution in [0.2, 0.25) is 5.02 Å². The van der Waals surface area contributed by atoms with Gasteiger partial charge in [0.25, 0.3) is 0 Å². The van der Waals surface area contributed by atoms with Crippen LogP contribution < -0.4 is 5.73 Å². The van der Waals surface area contributed by atoms with Gasteiger partial charge in [-0.15, -0.1) is 0 Å². The zero-order valence-electron chi connectivity index (χ0n) is 9.05. The van der Waals surface area contributed by atoms with Crippen molar-refractivity contribution in [1.29, 1.82) is 0 Å². The van der Waals surface area contributed by atoms with E-state index in [1.54, 1.807) is 0 Å². The Kier molecular flexibility index (Phi) is 3.97. The van der Waals surface area contributed by atoms with Gasteiger partial charge in [0.05, 0.1) is 0 Å². The van der Waals surface area contributed by atoms with E-state index in [-0.39, 0.29) is 6.04 Å². The van der Waals surface area contributed by atoms with Crippen molar-refractivity contribution in [1.82, 2.24) is 0 Å². The van der Waals surface area contributed by atoms with E-state index in [1.165, 1.54) is 11.1 Å². The Morgan fingerprint density at radius 3 is 2.50 bits per heavy atom. The van der Waals surface area contributed by atoms with Gasteiger partial charge >= 0.3 is 0 Å². The molecule has 0 spiro atoms. The van der Waals surface area contributed by atoms with Crippen LogP contribution in [-0.4, -0.2) is 6.04 Å². The fourth-order valence-electron chi connectivity index (χ4n) is 1.35. The lowest BCUT2D eigenvalue weighted by atomic mass is 9.95. The highest BCUT2D eigenvalue weighted by Crippen LogP contribution is 2.21. The maximum Gasteiger partial charge on any atom is 0.0440 e. The number of hydrogen-bond acceptors (Lipinski definition) is 1. The molecule has 2 atom stereocenters. The van der Waals surface area contributed by atoms with E-state index >= 15 is 0 Å². The molecule has 0 fully saturated rings. The minimum atomic E-state index is 0.215. The molecule has 0 aliphatic heterocycles. The van der Waals surface area contributed by atoms with Gasteiger partial charge in [-0.1, -0.05) is 30.7 Å². The molecule has 0 aliphatic carbocycles. The van der Waals surface area contributed by atoms with E-state index in [0.717, 1.165) is 11.4 Å². The first-order valence-corrected chi connectivity index (χ1v) is 5.39. The molecule has 0 aromatic heterocycles. The highest BCUT2D eigenvalue weighted by atomic mass is 35.5. The second-order valence-corrected chi connectivity index (χ2v) is 4.54. The van der Waals surface area contributed by atoms with Gasteiger partial charge in [-0.3, -0.25) is 0 Å². The maximum atomic E-state index is 6.14. The summed E-state index contributed by atoms with van der Waals surface area (Å²) in [5, 5.41) is 0.859. The summed E-state index contributed by atoms with van der Waals surface area (Å²) in [7, 11) is 0. The van der Waals surface area contributed by atoms with Crippen LogP contribution >= 0.6 is 11.6 Å². The summed E-state index contributed by atoms with van der Waals surface area (Å²) >= 11 is 6.14. The average molecular weight is 212 g/mol. The minimum Gasteiger partial charge on any atom is -0.328 e. The van der Waals surface area contributed by atoms with Crippen molar-refractivity contribution in [3.63, 3.8) is 0 Å². The Morgan fingerprint density at radius 2 is 2.00 bits per heavy atom. The average Bonchev–Trinajstić information content (AvgIpc) is 2.09. The largest absolute Gasteiger partial charge is 0.328 e. The lowest BCUT2D eigenvalue weighted by Crippen LogP contribution is -2.25. The normalized spacial score (nSPS) is 15.2. The molecule has 0 heterocycles. The molecule has 2 unspecified atom stereocenters. The highest BCUT2D eigenvalue weighted by Gasteiger charge is 2.10. The minimum absolute atomic E-state index is 0.215. The van der Waals surface area contributed by atoms with E-state index in [2.05, 4.69) is 19.1 Å². The number of hydrogen-bond donors (Lipinski definition) is 1. The van der Waals surface area contributed by atoms with Gasteiger partial charge in [-0.2, -0.15) is 0 Å². The number of benzene rings is 1. The summed E-state index contributed by atoms with van der Waals surface area (Å²) in [4.78, 5) is 0. The molecule has 1 nitrogen and oxygen atoms in total. The van der Waals surface area contributed by atoms with Gasteiger partial charge in [-0.05, 0) is 43.4 Å². The van der Waals surface area contributed by atoms with Crippen LogP contribution in [0.25, 0.3) is 0 Å². The molecule has 0 amide bonds. The molecule has 1 aromatic carbocycles. The summed E-state index contributed by atoms with van der Waals surface area (Å²) in [6, 6.07) is 6.41. The number of rotatable bonds is 3. The van der Waals surface area contributed by atoms with E-state index in [4.69, 9.17) is 17.3 Å². The Labute approximate surface area is 91.3 Å². The first-order chi connectivity index (χ1) is 6.50. The smallest absolute Gasteiger partial charge is 0.0440 e. The molecule has 14 heavy (non-hydrogen) atoms. The van der Waals surface area contributed by atoms with Gasteiger partial charge in [0.15, 0.2) is 0 Å². The Balaban J connectivity index is 2.77. The first kappa shape index (κ1) is 11.5. The van der Waals surface area contributed by atoms with E-state index in [9.17, 15) is 0 Å². The topological polar surface area (TPSA) is 26.0 Å². The lowest BCUT2D eigenvalue weighted by Gasteiger charge is -2.16. The molecule has 0 saturated heterocycles. The van der Waals surface area contributed by atoms with Crippen molar-refractivity contribution in [2.45, 2.75) is 33.2 Å². The summed E-state index contributed by atoms with van der Waals surface area (Å²) in [6.45, 7) is 6.23. The van der Waals surface area contributed by atoms with Crippen LogP contribution in [0.5, 0.6) is 0 Å². The van der Waals surface area contributed by atoms with Crippen molar-refractivity contribution in [2.24, 2.45) is 11.7 Å². The third-order valence-corrected chi connectivity index (χ3v) is 3.00. The fourth-order valence-corrected chi connectivity index (χ4v) is 1.66. The van der Waals surface area contributed by atoms with E-state index in [0.29, 0.717) is 5.92 Å².